The smallest absolute Gasteiger partial charge is 0.287 e. The van der Waals surface area contributed by atoms with Crippen molar-refractivity contribution in [2.75, 3.05) is 0 Å². The molecule has 8 aromatic rings. The maximum absolute atomic E-state index is 15.0. The Morgan fingerprint density at radius 3 is 1.45 bits per heavy atom. The number of hydrogen-bond donors (Lipinski definition) is 0. The van der Waals surface area contributed by atoms with E-state index in [1.54, 1.807) is 76.2 Å². The summed E-state index contributed by atoms with van der Waals surface area (Å²) in [5.74, 6) is 6.80. The first kappa shape index (κ1) is 42.1. The van der Waals surface area contributed by atoms with Gasteiger partial charge in [-0.3, -0.25) is 23.4 Å². The Morgan fingerprint density at radius 1 is 0.548 bits per heavy atom. The molecule has 62 heavy (non-hydrogen) atoms. The van der Waals surface area contributed by atoms with Gasteiger partial charge in [0, 0.05) is 47.6 Å². The summed E-state index contributed by atoms with van der Waals surface area (Å²) in [6.07, 6.45) is 2.84. The fourth-order valence-corrected chi connectivity index (χ4v) is 6.81. The average Bonchev–Trinajstić information content (AvgIpc) is 3.62. The van der Waals surface area contributed by atoms with Gasteiger partial charge in [0.1, 0.15) is 17.0 Å². The highest BCUT2D eigenvalue weighted by Crippen LogP contribution is 2.21. The highest BCUT2D eigenvalue weighted by atomic mass is 19.1. The van der Waals surface area contributed by atoms with Gasteiger partial charge in [0.05, 0.1) is 17.1 Å². The maximum Gasteiger partial charge on any atom is 0.337 e. The average molecular weight is 838 g/mol. The summed E-state index contributed by atoms with van der Waals surface area (Å²) in [6.45, 7) is 6.91. The van der Waals surface area contributed by atoms with Crippen molar-refractivity contribution in [1.82, 2.24) is 33.0 Å². The molecular formula is C47H35F4N7O4. The third kappa shape index (κ3) is 7.99. The van der Waals surface area contributed by atoms with Crippen LogP contribution in [-0.4, -0.2) is 33.0 Å². The van der Waals surface area contributed by atoms with Crippen molar-refractivity contribution in [3.63, 3.8) is 0 Å². The molecule has 0 amide bonds. The molecule has 11 nitrogen and oxygen atoms in total. The number of benzene rings is 4. The summed E-state index contributed by atoms with van der Waals surface area (Å²) in [5, 5.41) is 4.11. The van der Waals surface area contributed by atoms with E-state index in [1.165, 1.54) is 45.4 Å². The summed E-state index contributed by atoms with van der Waals surface area (Å²) >= 11 is 0. The fourth-order valence-electron chi connectivity index (χ4n) is 6.81. The molecule has 0 atom stereocenters. The molecule has 0 unspecified atom stereocenters. The largest absolute Gasteiger partial charge is 0.337 e. The topological polar surface area (TPSA) is 119 Å². The van der Waals surface area contributed by atoms with Gasteiger partial charge in [-0.25, -0.2) is 41.3 Å². The summed E-state index contributed by atoms with van der Waals surface area (Å²) in [5.41, 5.74) is -2.81. The van der Waals surface area contributed by atoms with Crippen LogP contribution in [0.2, 0.25) is 0 Å². The summed E-state index contributed by atoms with van der Waals surface area (Å²) in [6, 6.07) is 24.2. The van der Waals surface area contributed by atoms with Crippen LogP contribution >= 0.6 is 0 Å². The van der Waals surface area contributed by atoms with Crippen molar-refractivity contribution in [2.45, 2.75) is 39.8 Å². The highest BCUT2D eigenvalue weighted by molar-refractivity contribution is 5.75. The van der Waals surface area contributed by atoms with Crippen LogP contribution in [0.4, 0.5) is 17.6 Å². The van der Waals surface area contributed by atoms with E-state index in [4.69, 9.17) is 0 Å². The summed E-state index contributed by atoms with van der Waals surface area (Å²) in [7, 11) is 1.53. The Labute approximate surface area is 350 Å². The number of fused-ring (bicyclic) bond motifs is 2. The molecule has 4 aromatic carbocycles. The van der Waals surface area contributed by atoms with E-state index in [0.717, 1.165) is 24.3 Å². The standard InChI is InChI=1S/C24H17F2N3O2.C23H18F2N4O2/c1-15(2)28-22-18(9-6-12-27-22)23(30)29(24(28)31)21-19(25)13-17(14-20(21)26)11-10-16-7-4-3-5-8-16;1-14(2)28-19-13-26-27(3)21(19)22(30)29(23(28)31)20-17(24)11-16(12-18(20)25)10-9-15-7-5-4-6-8-15/h3-9,12-15H,1-2H3;4-8,11-14H,1-3H3. The molecule has 0 fully saturated rings. The molecule has 0 aliphatic rings. The highest BCUT2D eigenvalue weighted by Gasteiger charge is 2.25. The number of pyridine rings is 1. The van der Waals surface area contributed by atoms with E-state index < -0.39 is 57.1 Å². The van der Waals surface area contributed by atoms with Crippen molar-refractivity contribution in [2.24, 2.45) is 7.05 Å². The monoisotopic (exact) mass is 837 g/mol. The van der Waals surface area contributed by atoms with Crippen LogP contribution in [0, 0.1) is 47.0 Å². The third-order valence-corrected chi connectivity index (χ3v) is 9.59. The predicted octanol–water partition coefficient (Wildman–Crippen LogP) is 6.95. The quantitative estimate of drug-likeness (QED) is 0.140. The van der Waals surface area contributed by atoms with E-state index in [2.05, 4.69) is 33.8 Å². The molecule has 4 aromatic heterocycles. The zero-order valence-corrected chi connectivity index (χ0v) is 33.8. The van der Waals surface area contributed by atoms with Crippen LogP contribution in [-0.2, 0) is 7.05 Å². The van der Waals surface area contributed by atoms with Crippen LogP contribution in [0.1, 0.15) is 62.0 Å². The molecular weight excluding hydrogens is 803 g/mol. The number of rotatable bonds is 4. The lowest BCUT2D eigenvalue weighted by Crippen LogP contribution is -2.40. The van der Waals surface area contributed by atoms with E-state index in [0.29, 0.717) is 25.8 Å². The van der Waals surface area contributed by atoms with Crippen molar-refractivity contribution in [1.29, 1.82) is 0 Å². The molecule has 310 valence electrons. The van der Waals surface area contributed by atoms with Gasteiger partial charge < -0.3 is 0 Å². The second-order valence-corrected chi connectivity index (χ2v) is 14.5. The van der Waals surface area contributed by atoms with Crippen LogP contribution in [0.15, 0.2) is 129 Å². The van der Waals surface area contributed by atoms with Gasteiger partial charge in [0.15, 0.2) is 28.8 Å². The number of aromatic nitrogens is 7. The molecule has 0 saturated heterocycles. The molecule has 0 radical (unpaired) electrons. The Kier molecular flexibility index (Phi) is 11.7. The minimum Gasteiger partial charge on any atom is -0.287 e. The van der Waals surface area contributed by atoms with Crippen molar-refractivity contribution >= 4 is 22.1 Å². The molecule has 0 N–H and O–H groups in total. The number of nitrogens with zero attached hydrogens (tertiary/aromatic N) is 7. The van der Waals surface area contributed by atoms with E-state index in [9.17, 15) is 28.0 Å². The van der Waals surface area contributed by atoms with Crippen LogP contribution in [0.3, 0.4) is 0 Å². The lowest BCUT2D eigenvalue weighted by molar-refractivity contribution is 0.533. The van der Waals surface area contributed by atoms with E-state index >= 15 is 8.78 Å². The SMILES string of the molecule is CC(C)n1c(=O)n(-c2c(F)cc(C#Cc3ccccc3)cc2F)c(=O)c2c1cnn2C.CC(C)n1c(=O)n(-c2c(F)cc(C#Cc3ccccc3)cc2F)c(=O)c2cccnc21. The van der Waals surface area contributed by atoms with Gasteiger partial charge in [-0.15, -0.1) is 0 Å². The van der Waals surface area contributed by atoms with Crippen molar-refractivity contribution in [3.05, 3.63) is 197 Å². The molecule has 4 heterocycles. The van der Waals surface area contributed by atoms with Gasteiger partial charge in [-0.05, 0) is 88.4 Å². The molecule has 15 heteroatoms. The van der Waals surface area contributed by atoms with E-state index in [1.807, 2.05) is 12.1 Å². The molecule has 0 bridgehead atoms. The van der Waals surface area contributed by atoms with Crippen LogP contribution in [0.25, 0.3) is 33.4 Å². The van der Waals surface area contributed by atoms with Gasteiger partial charge in [0.2, 0.25) is 0 Å². The maximum atomic E-state index is 15.0. The minimum absolute atomic E-state index is 0.0695. The Hall–Kier alpha value is -8.04. The normalized spacial score (nSPS) is 11.0. The Bertz CT molecular complexity index is 3370. The number of halogens is 4. The van der Waals surface area contributed by atoms with Crippen LogP contribution < -0.4 is 22.5 Å². The van der Waals surface area contributed by atoms with Crippen LogP contribution in [0.5, 0.6) is 0 Å². The Morgan fingerprint density at radius 2 is 0.984 bits per heavy atom. The summed E-state index contributed by atoms with van der Waals surface area (Å²) < 4.78 is 64.8. The van der Waals surface area contributed by atoms with Crippen molar-refractivity contribution < 1.29 is 17.6 Å². The summed E-state index contributed by atoms with van der Waals surface area (Å²) in [4.78, 5) is 56.3. The first-order valence-corrected chi connectivity index (χ1v) is 19.1. The Balaban J connectivity index is 0.000000186. The lowest BCUT2D eigenvalue weighted by Gasteiger charge is -2.16. The van der Waals surface area contributed by atoms with Gasteiger partial charge in [-0.2, -0.15) is 5.10 Å². The molecule has 0 aliphatic carbocycles. The predicted molar refractivity (Wildman–Crippen MR) is 228 cm³/mol. The lowest BCUT2D eigenvalue weighted by atomic mass is 10.1. The first-order chi connectivity index (χ1) is 29.7. The molecule has 0 aliphatic heterocycles. The molecule has 0 saturated carbocycles. The van der Waals surface area contributed by atoms with Crippen molar-refractivity contribution in [3.8, 4) is 35.1 Å². The zero-order valence-electron chi connectivity index (χ0n) is 33.8. The fraction of sp³-hybridized carbons (Fsp3) is 0.149. The third-order valence-electron chi connectivity index (χ3n) is 9.59. The van der Waals surface area contributed by atoms with Gasteiger partial charge in [-0.1, -0.05) is 60.1 Å². The van der Waals surface area contributed by atoms with Gasteiger partial charge in [0.25, 0.3) is 11.1 Å². The first-order valence-electron chi connectivity index (χ1n) is 19.1. The number of aryl methyl sites for hydroxylation is 1. The van der Waals surface area contributed by atoms with E-state index in [-0.39, 0.29) is 39.8 Å². The zero-order chi connectivity index (χ0) is 44.4. The number of hydrogen-bond acceptors (Lipinski definition) is 6. The van der Waals surface area contributed by atoms with Gasteiger partial charge >= 0.3 is 11.4 Å². The second-order valence-electron chi connectivity index (χ2n) is 14.5. The molecule has 8 rings (SSSR count). The minimum atomic E-state index is -1.06. The molecule has 0 spiro atoms. The second kappa shape index (κ2) is 17.3.